The van der Waals surface area contributed by atoms with Gasteiger partial charge in [-0.2, -0.15) is 0 Å². The minimum atomic E-state index is 0.550. The van der Waals surface area contributed by atoms with Crippen LogP contribution in [0.4, 0.5) is 0 Å². The molecule has 0 aliphatic rings. The number of fused-ring (bicyclic) bond motifs is 6. The number of hydrogen-bond acceptors (Lipinski definition) is 6. The Kier molecular flexibility index (Phi) is 6.75. The highest BCUT2D eigenvalue weighted by Crippen LogP contribution is 2.40. The minimum Gasteiger partial charge on any atom is -0.456 e. The number of benzene rings is 8. The van der Waals surface area contributed by atoms with Gasteiger partial charge in [0.05, 0.1) is 0 Å². The van der Waals surface area contributed by atoms with E-state index in [1.54, 1.807) is 0 Å². The fourth-order valence-corrected chi connectivity index (χ4v) is 7.52. The molecular formula is C48H28N4O2. The van der Waals surface area contributed by atoms with Crippen LogP contribution in [0.3, 0.4) is 0 Å². The van der Waals surface area contributed by atoms with Gasteiger partial charge in [-0.05, 0) is 75.1 Å². The van der Waals surface area contributed by atoms with Gasteiger partial charge in [-0.1, -0.05) is 121 Å². The van der Waals surface area contributed by atoms with Crippen molar-refractivity contribution in [2.24, 2.45) is 0 Å². The Morgan fingerprint density at radius 2 is 1.02 bits per heavy atom. The van der Waals surface area contributed by atoms with Gasteiger partial charge in [0.1, 0.15) is 16.7 Å². The summed E-state index contributed by atoms with van der Waals surface area (Å²) in [6.07, 6.45) is 0. The molecule has 0 bridgehead atoms. The van der Waals surface area contributed by atoms with Crippen LogP contribution < -0.4 is 0 Å². The highest BCUT2D eigenvalue weighted by Gasteiger charge is 2.21. The van der Waals surface area contributed by atoms with Crippen LogP contribution in [0.2, 0.25) is 0 Å². The summed E-state index contributed by atoms with van der Waals surface area (Å²) in [6.45, 7) is 0. The summed E-state index contributed by atoms with van der Waals surface area (Å²) in [5.41, 5.74) is 8.65. The quantitative estimate of drug-likeness (QED) is 0.179. The molecule has 0 unspecified atom stereocenters. The Morgan fingerprint density at radius 1 is 0.333 bits per heavy atom. The van der Waals surface area contributed by atoms with Gasteiger partial charge in [0, 0.05) is 39.1 Å². The van der Waals surface area contributed by atoms with Gasteiger partial charge in [0.15, 0.2) is 23.1 Å². The molecule has 0 N–H and O–H groups in total. The maximum Gasteiger partial charge on any atom is 0.227 e. The Hall–Kier alpha value is -7.44. The standard InChI is InChI=1S/C48H28N4O2/c1-3-13-30(14-4-1)38-26-35(25-33-18-9-10-19-36(33)38)46-50-45(34-23-22-29-12-7-8-17-32(29)24-34)51-47(52-46)37-20-11-21-41-44(37)39-27-43-40(28-42(39)53-41)49-48(54-43)31-15-5-2-6-16-31/h1-28H. The molecule has 0 saturated carbocycles. The van der Waals surface area contributed by atoms with Crippen LogP contribution in [-0.2, 0) is 0 Å². The normalized spacial score (nSPS) is 11.7. The van der Waals surface area contributed by atoms with Gasteiger partial charge in [-0.3, -0.25) is 0 Å². The van der Waals surface area contributed by atoms with Gasteiger partial charge >= 0.3 is 0 Å². The largest absolute Gasteiger partial charge is 0.456 e. The Labute approximate surface area is 309 Å². The summed E-state index contributed by atoms with van der Waals surface area (Å²) in [4.78, 5) is 20.4. The van der Waals surface area contributed by atoms with Gasteiger partial charge in [-0.15, -0.1) is 0 Å². The third-order valence-electron chi connectivity index (χ3n) is 10.1. The van der Waals surface area contributed by atoms with E-state index < -0.39 is 0 Å². The van der Waals surface area contributed by atoms with Crippen molar-refractivity contribution in [1.82, 2.24) is 19.9 Å². The fraction of sp³-hybridized carbons (Fsp3) is 0. The van der Waals surface area contributed by atoms with Crippen molar-refractivity contribution < 1.29 is 8.83 Å². The molecule has 54 heavy (non-hydrogen) atoms. The van der Waals surface area contributed by atoms with E-state index in [9.17, 15) is 0 Å². The number of aromatic nitrogens is 4. The van der Waals surface area contributed by atoms with Gasteiger partial charge in [-0.25, -0.2) is 19.9 Å². The zero-order valence-corrected chi connectivity index (χ0v) is 28.8. The summed E-state index contributed by atoms with van der Waals surface area (Å²) >= 11 is 0. The van der Waals surface area contributed by atoms with Gasteiger partial charge in [0.2, 0.25) is 5.89 Å². The van der Waals surface area contributed by atoms with Crippen LogP contribution in [0.5, 0.6) is 0 Å². The molecule has 0 spiro atoms. The predicted molar refractivity (Wildman–Crippen MR) is 217 cm³/mol. The van der Waals surface area contributed by atoms with Crippen molar-refractivity contribution in [3.05, 3.63) is 170 Å². The molecule has 3 aromatic heterocycles. The second-order valence-corrected chi connectivity index (χ2v) is 13.5. The molecule has 0 fully saturated rings. The number of rotatable bonds is 5. The zero-order valence-electron chi connectivity index (χ0n) is 28.8. The molecule has 252 valence electrons. The lowest BCUT2D eigenvalue weighted by Crippen LogP contribution is -2.01. The predicted octanol–water partition coefficient (Wildman–Crippen LogP) is 12.6. The lowest BCUT2D eigenvalue weighted by atomic mass is 9.95. The Morgan fingerprint density at radius 3 is 1.85 bits per heavy atom. The average Bonchev–Trinajstić information content (AvgIpc) is 3.83. The molecule has 0 aliphatic heterocycles. The number of nitrogens with zero attached hydrogens (tertiary/aromatic N) is 4. The van der Waals surface area contributed by atoms with Crippen LogP contribution in [0, 0.1) is 0 Å². The molecule has 0 atom stereocenters. The minimum absolute atomic E-state index is 0.550. The van der Waals surface area contributed by atoms with Crippen LogP contribution in [0.15, 0.2) is 179 Å². The Balaban J connectivity index is 1.15. The monoisotopic (exact) mass is 692 g/mol. The molecule has 3 heterocycles. The maximum absolute atomic E-state index is 6.48. The second-order valence-electron chi connectivity index (χ2n) is 13.5. The summed E-state index contributed by atoms with van der Waals surface area (Å²) < 4.78 is 12.8. The SMILES string of the molecule is c1ccc(-c2nc3cc4oc5cccc(-c6nc(-c7ccc8ccccc8c7)nc(-c7cc(-c8ccccc8)c8ccccc8c7)n6)c5c4cc3o2)cc1. The maximum atomic E-state index is 6.48. The van der Waals surface area contributed by atoms with Crippen LogP contribution in [0.1, 0.15) is 0 Å². The van der Waals surface area contributed by atoms with E-state index in [0.29, 0.717) is 34.5 Å². The first-order valence-electron chi connectivity index (χ1n) is 17.9. The molecule has 0 aliphatic carbocycles. The van der Waals surface area contributed by atoms with Crippen molar-refractivity contribution in [2.75, 3.05) is 0 Å². The molecule has 11 rings (SSSR count). The molecule has 8 aromatic carbocycles. The van der Waals surface area contributed by atoms with E-state index in [-0.39, 0.29) is 0 Å². The molecular weight excluding hydrogens is 665 g/mol. The van der Waals surface area contributed by atoms with Crippen LogP contribution in [-0.4, -0.2) is 19.9 Å². The van der Waals surface area contributed by atoms with Crippen molar-refractivity contribution >= 4 is 54.6 Å². The third kappa shape index (κ3) is 5.04. The molecule has 0 saturated heterocycles. The van der Waals surface area contributed by atoms with Crippen LogP contribution >= 0.6 is 0 Å². The van der Waals surface area contributed by atoms with Crippen LogP contribution in [0.25, 0.3) is 111 Å². The fourth-order valence-electron chi connectivity index (χ4n) is 7.52. The number of furan rings is 1. The molecule has 6 nitrogen and oxygen atoms in total. The lowest BCUT2D eigenvalue weighted by Gasteiger charge is -2.13. The molecule has 0 amide bonds. The van der Waals surface area contributed by atoms with Crippen molar-refractivity contribution in [3.8, 4) is 56.7 Å². The number of oxazole rings is 1. The average molecular weight is 693 g/mol. The first-order valence-corrected chi connectivity index (χ1v) is 17.9. The first kappa shape index (κ1) is 30.2. The van der Waals surface area contributed by atoms with E-state index in [2.05, 4.69) is 109 Å². The molecule has 6 heteroatoms. The summed E-state index contributed by atoms with van der Waals surface area (Å²) in [6, 6.07) is 57.9. The zero-order chi connectivity index (χ0) is 35.6. The summed E-state index contributed by atoms with van der Waals surface area (Å²) in [5.74, 6) is 2.29. The summed E-state index contributed by atoms with van der Waals surface area (Å²) in [5, 5.41) is 6.34. The van der Waals surface area contributed by atoms with Gasteiger partial charge in [0.25, 0.3) is 0 Å². The van der Waals surface area contributed by atoms with Crippen molar-refractivity contribution in [2.45, 2.75) is 0 Å². The molecule has 11 aromatic rings. The van der Waals surface area contributed by atoms with Crippen molar-refractivity contribution in [3.63, 3.8) is 0 Å². The highest BCUT2D eigenvalue weighted by molar-refractivity contribution is 6.14. The third-order valence-corrected chi connectivity index (χ3v) is 10.1. The highest BCUT2D eigenvalue weighted by atomic mass is 16.4. The van der Waals surface area contributed by atoms with Crippen molar-refractivity contribution in [1.29, 1.82) is 0 Å². The lowest BCUT2D eigenvalue weighted by molar-refractivity contribution is 0.620. The second kappa shape index (κ2) is 12.1. The van der Waals surface area contributed by atoms with E-state index in [1.165, 1.54) is 5.39 Å². The number of hydrogen-bond donors (Lipinski definition) is 0. The van der Waals surface area contributed by atoms with E-state index >= 15 is 0 Å². The smallest absolute Gasteiger partial charge is 0.227 e. The van der Waals surface area contributed by atoms with E-state index in [4.69, 9.17) is 28.8 Å². The van der Waals surface area contributed by atoms with E-state index in [1.807, 2.05) is 60.7 Å². The van der Waals surface area contributed by atoms with E-state index in [0.717, 1.165) is 71.4 Å². The Bertz CT molecular complexity index is 3220. The summed E-state index contributed by atoms with van der Waals surface area (Å²) in [7, 11) is 0. The topological polar surface area (TPSA) is 77.8 Å². The van der Waals surface area contributed by atoms with Gasteiger partial charge < -0.3 is 8.83 Å². The molecule has 0 radical (unpaired) electrons. The first-order chi connectivity index (χ1) is 26.7.